The molecule has 1 aromatic carbocycles. The Morgan fingerprint density at radius 1 is 1.35 bits per heavy atom. The van der Waals surface area contributed by atoms with Gasteiger partial charge in [-0.25, -0.2) is 4.79 Å². The van der Waals surface area contributed by atoms with Gasteiger partial charge in [0.15, 0.2) is 0 Å². The third-order valence-electron chi connectivity index (χ3n) is 3.79. The molecule has 0 fully saturated rings. The molecule has 0 bridgehead atoms. The largest absolute Gasteiger partial charge is 0.478 e. The van der Waals surface area contributed by atoms with E-state index in [1.165, 1.54) is 0 Å². The molecule has 1 aromatic heterocycles. The normalized spacial score (nSPS) is 13.2. The summed E-state index contributed by atoms with van der Waals surface area (Å²) in [5.41, 5.74) is 4.55. The lowest BCUT2D eigenvalue weighted by atomic mass is 10.1. The van der Waals surface area contributed by atoms with Crippen molar-refractivity contribution in [3.8, 4) is 11.3 Å². The Morgan fingerprint density at radius 2 is 2.10 bits per heavy atom. The summed E-state index contributed by atoms with van der Waals surface area (Å²) < 4.78 is 1.86. The van der Waals surface area contributed by atoms with Gasteiger partial charge in [-0.2, -0.15) is 0 Å². The number of carbonyl (C=O) groups is 2. The second-order valence-corrected chi connectivity index (χ2v) is 4.99. The van der Waals surface area contributed by atoms with Crippen LogP contribution in [0.3, 0.4) is 0 Å². The van der Waals surface area contributed by atoms with Crippen molar-refractivity contribution >= 4 is 17.6 Å². The predicted octanol–water partition coefficient (Wildman–Crippen LogP) is 2.19. The monoisotopic (exact) mass is 270 g/mol. The van der Waals surface area contributed by atoms with E-state index in [9.17, 15) is 14.7 Å². The van der Waals surface area contributed by atoms with Crippen LogP contribution >= 0.6 is 0 Å². The standard InChI is InChI=1S/C15H14N2O3/c1-8-11(15(19)20)7-13(17(8)2)9-3-4-12-10(5-9)6-14(18)16-12/h3-5,7H,6H2,1-2H3,(H,16,18)(H,19,20). The van der Waals surface area contributed by atoms with Crippen LogP contribution in [-0.4, -0.2) is 21.6 Å². The van der Waals surface area contributed by atoms with E-state index in [-0.39, 0.29) is 5.91 Å². The molecule has 1 aliphatic rings. The summed E-state index contributed by atoms with van der Waals surface area (Å²) in [6.07, 6.45) is 0.373. The fourth-order valence-electron chi connectivity index (χ4n) is 2.58. The van der Waals surface area contributed by atoms with Gasteiger partial charge in [-0.1, -0.05) is 6.07 Å². The summed E-state index contributed by atoms with van der Waals surface area (Å²) in [6.45, 7) is 1.78. The summed E-state index contributed by atoms with van der Waals surface area (Å²) in [7, 11) is 1.84. The number of fused-ring (bicyclic) bond motifs is 1. The number of aromatic carboxylic acids is 1. The SMILES string of the molecule is Cc1c(C(=O)O)cc(-c2ccc3c(c2)CC(=O)N3)n1C. The summed E-state index contributed by atoms with van der Waals surface area (Å²) >= 11 is 0. The second kappa shape index (κ2) is 4.23. The number of hydrogen-bond donors (Lipinski definition) is 2. The molecule has 0 saturated heterocycles. The molecular formula is C15H14N2O3. The lowest BCUT2D eigenvalue weighted by molar-refractivity contribution is -0.115. The van der Waals surface area contributed by atoms with Crippen molar-refractivity contribution in [1.29, 1.82) is 0 Å². The van der Waals surface area contributed by atoms with Crippen LogP contribution in [-0.2, 0) is 18.3 Å². The van der Waals surface area contributed by atoms with E-state index in [1.807, 2.05) is 29.8 Å². The number of rotatable bonds is 2. The number of carboxylic acids is 1. The highest BCUT2D eigenvalue weighted by Gasteiger charge is 2.20. The van der Waals surface area contributed by atoms with Gasteiger partial charge < -0.3 is 15.0 Å². The van der Waals surface area contributed by atoms with Crippen LogP contribution < -0.4 is 5.32 Å². The van der Waals surface area contributed by atoms with E-state index in [0.29, 0.717) is 17.7 Å². The van der Waals surface area contributed by atoms with Crippen molar-refractivity contribution in [2.45, 2.75) is 13.3 Å². The Morgan fingerprint density at radius 3 is 2.75 bits per heavy atom. The number of nitrogens with one attached hydrogen (secondary N) is 1. The molecule has 20 heavy (non-hydrogen) atoms. The third-order valence-corrected chi connectivity index (χ3v) is 3.79. The first-order valence-electron chi connectivity index (χ1n) is 6.30. The van der Waals surface area contributed by atoms with Gasteiger partial charge in [0.05, 0.1) is 12.0 Å². The molecule has 0 unspecified atom stereocenters. The van der Waals surface area contributed by atoms with Gasteiger partial charge in [0.25, 0.3) is 0 Å². The van der Waals surface area contributed by atoms with Crippen LogP contribution in [0.15, 0.2) is 24.3 Å². The zero-order valence-electron chi connectivity index (χ0n) is 11.2. The molecule has 5 heteroatoms. The van der Waals surface area contributed by atoms with Crippen LogP contribution in [0, 0.1) is 6.92 Å². The van der Waals surface area contributed by atoms with Crippen LogP contribution in [0.1, 0.15) is 21.6 Å². The van der Waals surface area contributed by atoms with E-state index in [4.69, 9.17) is 0 Å². The maximum absolute atomic E-state index is 11.4. The van der Waals surface area contributed by atoms with E-state index in [1.54, 1.807) is 13.0 Å². The van der Waals surface area contributed by atoms with E-state index in [2.05, 4.69) is 5.32 Å². The van der Waals surface area contributed by atoms with Crippen molar-refractivity contribution in [3.05, 3.63) is 41.1 Å². The number of anilines is 1. The number of amides is 1. The smallest absolute Gasteiger partial charge is 0.337 e. The van der Waals surface area contributed by atoms with Gasteiger partial charge >= 0.3 is 5.97 Å². The first-order chi connectivity index (χ1) is 9.47. The molecule has 2 N–H and O–H groups in total. The van der Waals surface area contributed by atoms with E-state index < -0.39 is 5.97 Å². The predicted molar refractivity (Wildman–Crippen MR) is 74.9 cm³/mol. The van der Waals surface area contributed by atoms with Crippen molar-refractivity contribution in [3.63, 3.8) is 0 Å². The molecule has 1 amide bonds. The van der Waals surface area contributed by atoms with Gasteiger partial charge in [-0.3, -0.25) is 4.79 Å². The molecule has 5 nitrogen and oxygen atoms in total. The van der Waals surface area contributed by atoms with Gasteiger partial charge in [0.1, 0.15) is 0 Å². The first-order valence-corrected chi connectivity index (χ1v) is 6.30. The second-order valence-electron chi connectivity index (χ2n) is 4.99. The average molecular weight is 270 g/mol. The number of benzene rings is 1. The van der Waals surface area contributed by atoms with Crippen molar-refractivity contribution < 1.29 is 14.7 Å². The van der Waals surface area contributed by atoms with Gasteiger partial charge in [0, 0.05) is 24.1 Å². The molecule has 0 spiro atoms. The molecule has 0 atom stereocenters. The minimum absolute atomic E-state index is 0.00793. The summed E-state index contributed by atoms with van der Waals surface area (Å²) in [4.78, 5) is 22.5. The van der Waals surface area contributed by atoms with Gasteiger partial charge in [-0.05, 0) is 36.2 Å². The lowest BCUT2D eigenvalue weighted by Crippen LogP contribution is -2.03. The minimum atomic E-state index is -0.928. The van der Waals surface area contributed by atoms with Crippen LogP contribution in [0.2, 0.25) is 0 Å². The van der Waals surface area contributed by atoms with Crippen molar-refractivity contribution in [2.24, 2.45) is 7.05 Å². The summed E-state index contributed by atoms with van der Waals surface area (Å²) in [5.74, 6) is -0.936. The Balaban J connectivity index is 2.11. The van der Waals surface area contributed by atoms with Crippen molar-refractivity contribution in [2.75, 3.05) is 5.32 Å². The van der Waals surface area contributed by atoms with Gasteiger partial charge in [-0.15, -0.1) is 0 Å². The first kappa shape index (κ1) is 12.5. The number of hydrogen-bond acceptors (Lipinski definition) is 2. The molecule has 0 aliphatic carbocycles. The Kier molecular flexibility index (Phi) is 2.64. The molecule has 1 aliphatic heterocycles. The topological polar surface area (TPSA) is 71.3 Å². The number of nitrogens with zero attached hydrogens (tertiary/aromatic N) is 1. The molecule has 102 valence electrons. The number of carbonyl (C=O) groups excluding carboxylic acids is 1. The molecular weight excluding hydrogens is 256 g/mol. The van der Waals surface area contributed by atoms with Gasteiger partial charge in [0.2, 0.25) is 5.91 Å². The van der Waals surface area contributed by atoms with E-state index >= 15 is 0 Å². The third kappa shape index (κ3) is 1.79. The lowest BCUT2D eigenvalue weighted by Gasteiger charge is -2.07. The molecule has 0 radical (unpaired) electrons. The Hall–Kier alpha value is -2.56. The highest BCUT2D eigenvalue weighted by molar-refractivity contribution is 5.99. The number of carboxylic acid groups (broad SMARTS) is 1. The summed E-state index contributed by atoms with van der Waals surface area (Å²) in [6, 6.07) is 7.36. The van der Waals surface area contributed by atoms with Crippen LogP contribution in [0.25, 0.3) is 11.3 Å². The Labute approximate surface area is 115 Å². The average Bonchev–Trinajstić information content (AvgIpc) is 2.89. The maximum atomic E-state index is 11.4. The fourth-order valence-corrected chi connectivity index (χ4v) is 2.58. The molecule has 2 aromatic rings. The fraction of sp³-hybridized carbons (Fsp3) is 0.200. The minimum Gasteiger partial charge on any atom is -0.478 e. The summed E-state index contributed by atoms with van der Waals surface area (Å²) in [5, 5.41) is 12.0. The number of aromatic nitrogens is 1. The van der Waals surface area contributed by atoms with Crippen molar-refractivity contribution in [1.82, 2.24) is 4.57 Å². The van der Waals surface area contributed by atoms with E-state index in [0.717, 1.165) is 22.5 Å². The highest BCUT2D eigenvalue weighted by Crippen LogP contribution is 2.31. The Bertz CT molecular complexity index is 744. The zero-order valence-corrected chi connectivity index (χ0v) is 11.2. The molecule has 2 heterocycles. The molecule has 0 saturated carbocycles. The maximum Gasteiger partial charge on any atom is 0.337 e. The zero-order chi connectivity index (χ0) is 14.4. The molecule has 3 rings (SSSR count). The highest BCUT2D eigenvalue weighted by atomic mass is 16.4. The van der Waals surface area contributed by atoms with Crippen LogP contribution in [0.4, 0.5) is 5.69 Å². The quantitative estimate of drug-likeness (QED) is 0.878. The van der Waals surface area contributed by atoms with Crippen LogP contribution in [0.5, 0.6) is 0 Å².